The van der Waals surface area contributed by atoms with E-state index in [9.17, 15) is 8.42 Å². The molecule has 4 rings (SSSR count). The fourth-order valence-corrected chi connectivity index (χ4v) is 6.31. The lowest BCUT2D eigenvalue weighted by Gasteiger charge is -2.33. The lowest BCUT2D eigenvalue weighted by atomic mass is 9.82. The number of hydrogen-bond donors (Lipinski definition) is 1. The lowest BCUT2D eigenvalue weighted by molar-refractivity contribution is 0.284. The van der Waals surface area contributed by atoms with Crippen molar-refractivity contribution in [2.75, 3.05) is 19.6 Å². The van der Waals surface area contributed by atoms with E-state index in [0.717, 1.165) is 10.8 Å². The highest BCUT2D eigenvalue weighted by Crippen LogP contribution is 2.38. The summed E-state index contributed by atoms with van der Waals surface area (Å²) in [5, 5.41) is 5.08. The van der Waals surface area contributed by atoms with Crippen LogP contribution in [0.25, 0.3) is 10.8 Å². The van der Waals surface area contributed by atoms with Gasteiger partial charge in [0, 0.05) is 48.8 Å². The van der Waals surface area contributed by atoms with Gasteiger partial charge in [-0.1, -0.05) is 25.3 Å². The normalized spacial score (nSPS) is 23.3. The maximum atomic E-state index is 13.4. The first-order chi connectivity index (χ1) is 12.6. The minimum Gasteiger partial charge on any atom is -0.314 e. The molecule has 1 aromatic carbocycles. The average Bonchev–Trinajstić information content (AvgIpc) is 2.68. The maximum Gasteiger partial charge on any atom is 0.244 e. The fraction of sp³-hybridized carbons (Fsp3) is 0.550. The second-order valence-corrected chi connectivity index (χ2v) is 9.44. The molecule has 1 saturated carbocycles. The number of nitrogens with one attached hydrogen (secondary N) is 1. The van der Waals surface area contributed by atoms with Crippen LogP contribution in [0, 0.1) is 0 Å². The number of fused-ring (bicyclic) bond motifs is 1. The van der Waals surface area contributed by atoms with Crippen molar-refractivity contribution in [2.24, 2.45) is 0 Å². The van der Waals surface area contributed by atoms with Crippen molar-refractivity contribution >= 4 is 20.8 Å². The Morgan fingerprint density at radius 2 is 1.92 bits per heavy atom. The molecule has 1 aliphatic carbocycles. The minimum atomic E-state index is -3.52. The molecule has 0 radical (unpaired) electrons. The Labute approximate surface area is 155 Å². The SMILES string of the molecule is CC1CNCCN1S(=O)(=O)c1ccc(C2CCCCC2)c2cnccc12. The molecular formula is C20H27N3O2S. The van der Waals surface area contributed by atoms with E-state index in [-0.39, 0.29) is 6.04 Å². The van der Waals surface area contributed by atoms with E-state index in [1.807, 2.05) is 31.3 Å². The molecule has 2 aliphatic rings. The van der Waals surface area contributed by atoms with Gasteiger partial charge in [-0.15, -0.1) is 0 Å². The first-order valence-corrected chi connectivity index (χ1v) is 11.1. The zero-order valence-corrected chi connectivity index (χ0v) is 16.1. The molecule has 1 unspecified atom stereocenters. The van der Waals surface area contributed by atoms with Gasteiger partial charge < -0.3 is 5.32 Å². The standard InChI is InChI=1S/C20H27N3O2S/c1-15-13-22-11-12-23(15)26(24,25)20-8-7-17(16-5-3-2-4-6-16)19-14-21-10-9-18(19)20/h7-10,14-16,22H,2-6,11-13H2,1H3. The molecule has 1 N–H and O–H groups in total. The summed E-state index contributed by atoms with van der Waals surface area (Å²) in [5.74, 6) is 0.519. The predicted octanol–water partition coefficient (Wildman–Crippen LogP) is 3.26. The molecule has 2 aromatic rings. The van der Waals surface area contributed by atoms with E-state index in [1.54, 1.807) is 10.5 Å². The molecule has 1 atom stereocenters. The van der Waals surface area contributed by atoms with Crippen LogP contribution in [0.15, 0.2) is 35.5 Å². The second-order valence-electron chi connectivity index (χ2n) is 7.58. The summed E-state index contributed by atoms with van der Waals surface area (Å²) in [4.78, 5) is 4.72. The van der Waals surface area contributed by atoms with Gasteiger partial charge in [0.2, 0.25) is 10.0 Å². The fourth-order valence-electron chi connectivity index (χ4n) is 4.48. The first kappa shape index (κ1) is 17.9. The number of sulfonamides is 1. The van der Waals surface area contributed by atoms with Gasteiger partial charge in [0.1, 0.15) is 0 Å². The summed E-state index contributed by atoms with van der Waals surface area (Å²) in [6.07, 6.45) is 9.73. The molecule has 1 saturated heterocycles. The molecule has 1 aromatic heterocycles. The van der Waals surface area contributed by atoms with Gasteiger partial charge >= 0.3 is 0 Å². The summed E-state index contributed by atoms with van der Waals surface area (Å²) >= 11 is 0. The van der Waals surface area contributed by atoms with E-state index in [0.29, 0.717) is 30.4 Å². The third-order valence-corrected chi connectivity index (χ3v) is 7.96. The molecule has 0 bridgehead atoms. The quantitative estimate of drug-likeness (QED) is 0.897. The van der Waals surface area contributed by atoms with Gasteiger partial charge in [-0.2, -0.15) is 4.31 Å². The monoisotopic (exact) mass is 373 g/mol. The van der Waals surface area contributed by atoms with Gasteiger partial charge in [0.05, 0.1) is 4.90 Å². The van der Waals surface area contributed by atoms with Gasteiger partial charge in [-0.3, -0.25) is 4.98 Å². The summed E-state index contributed by atoms with van der Waals surface area (Å²) < 4.78 is 28.4. The Bertz CT molecular complexity index is 891. The smallest absolute Gasteiger partial charge is 0.244 e. The molecular weight excluding hydrogens is 346 g/mol. The van der Waals surface area contributed by atoms with Crippen LogP contribution < -0.4 is 5.32 Å². The van der Waals surface area contributed by atoms with Crippen LogP contribution in [0.5, 0.6) is 0 Å². The summed E-state index contributed by atoms with van der Waals surface area (Å²) in [7, 11) is -3.52. The average molecular weight is 374 g/mol. The Hall–Kier alpha value is -1.50. The van der Waals surface area contributed by atoms with Crippen LogP contribution in [-0.4, -0.2) is 43.4 Å². The highest BCUT2D eigenvalue weighted by atomic mass is 32.2. The lowest BCUT2D eigenvalue weighted by Crippen LogP contribution is -2.52. The highest BCUT2D eigenvalue weighted by Gasteiger charge is 2.32. The molecule has 2 fully saturated rings. The number of piperazine rings is 1. The van der Waals surface area contributed by atoms with Crippen molar-refractivity contribution in [3.8, 4) is 0 Å². The molecule has 0 spiro atoms. The summed E-state index contributed by atoms with van der Waals surface area (Å²) in [6.45, 7) is 3.87. The molecule has 140 valence electrons. The van der Waals surface area contributed by atoms with Gasteiger partial charge in [-0.05, 0) is 43.4 Å². The molecule has 26 heavy (non-hydrogen) atoms. The Kier molecular flexibility index (Phi) is 4.99. The molecule has 5 nitrogen and oxygen atoms in total. The number of pyridine rings is 1. The van der Waals surface area contributed by atoms with Crippen LogP contribution in [0.1, 0.15) is 50.5 Å². The number of aromatic nitrogens is 1. The van der Waals surface area contributed by atoms with Crippen LogP contribution in [-0.2, 0) is 10.0 Å². The maximum absolute atomic E-state index is 13.4. The van der Waals surface area contributed by atoms with E-state index in [4.69, 9.17) is 0 Å². The van der Waals surface area contributed by atoms with Crippen LogP contribution in [0.2, 0.25) is 0 Å². The summed E-state index contributed by atoms with van der Waals surface area (Å²) in [5.41, 5.74) is 1.26. The van der Waals surface area contributed by atoms with Gasteiger partial charge in [-0.25, -0.2) is 8.42 Å². The zero-order chi connectivity index (χ0) is 18.1. The molecule has 2 heterocycles. The zero-order valence-electron chi connectivity index (χ0n) is 15.3. The first-order valence-electron chi connectivity index (χ1n) is 9.68. The predicted molar refractivity (Wildman–Crippen MR) is 104 cm³/mol. The number of hydrogen-bond acceptors (Lipinski definition) is 4. The minimum absolute atomic E-state index is 0.0383. The van der Waals surface area contributed by atoms with Crippen molar-refractivity contribution in [1.82, 2.24) is 14.6 Å². The van der Waals surface area contributed by atoms with E-state index >= 15 is 0 Å². The van der Waals surface area contributed by atoms with Crippen LogP contribution in [0.4, 0.5) is 0 Å². The van der Waals surface area contributed by atoms with Crippen molar-refractivity contribution in [1.29, 1.82) is 0 Å². The van der Waals surface area contributed by atoms with E-state index in [1.165, 1.54) is 37.7 Å². The van der Waals surface area contributed by atoms with Crippen molar-refractivity contribution in [3.05, 3.63) is 36.2 Å². The van der Waals surface area contributed by atoms with Gasteiger partial charge in [0.15, 0.2) is 0 Å². The largest absolute Gasteiger partial charge is 0.314 e. The molecule has 6 heteroatoms. The van der Waals surface area contributed by atoms with Crippen LogP contribution in [0.3, 0.4) is 0 Å². The topological polar surface area (TPSA) is 62.3 Å². The Morgan fingerprint density at radius 1 is 1.12 bits per heavy atom. The van der Waals surface area contributed by atoms with E-state index in [2.05, 4.69) is 10.3 Å². The third-order valence-electron chi connectivity index (χ3n) is 5.88. The van der Waals surface area contributed by atoms with Crippen molar-refractivity contribution < 1.29 is 8.42 Å². The Balaban J connectivity index is 1.81. The number of nitrogens with zero attached hydrogens (tertiary/aromatic N) is 2. The molecule has 0 amide bonds. The highest BCUT2D eigenvalue weighted by molar-refractivity contribution is 7.89. The molecule has 1 aliphatic heterocycles. The van der Waals surface area contributed by atoms with Crippen molar-refractivity contribution in [2.45, 2.75) is 55.9 Å². The van der Waals surface area contributed by atoms with Gasteiger partial charge in [0.25, 0.3) is 0 Å². The van der Waals surface area contributed by atoms with Crippen molar-refractivity contribution in [3.63, 3.8) is 0 Å². The number of benzene rings is 1. The number of rotatable bonds is 3. The summed E-state index contributed by atoms with van der Waals surface area (Å²) in [6, 6.07) is 5.70. The Morgan fingerprint density at radius 3 is 2.69 bits per heavy atom. The second kappa shape index (κ2) is 7.25. The third kappa shape index (κ3) is 3.15. The van der Waals surface area contributed by atoms with Crippen LogP contribution >= 0.6 is 0 Å². The van der Waals surface area contributed by atoms with E-state index < -0.39 is 10.0 Å².